The topological polar surface area (TPSA) is 57.6 Å². The molecule has 1 saturated carbocycles. The minimum atomic E-state index is 0.267. The summed E-state index contributed by atoms with van der Waals surface area (Å²) in [7, 11) is 1.78. The van der Waals surface area contributed by atoms with Crippen molar-refractivity contribution in [3.63, 3.8) is 0 Å². The van der Waals surface area contributed by atoms with Crippen LogP contribution in [0.3, 0.4) is 0 Å². The van der Waals surface area contributed by atoms with Gasteiger partial charge in [0.25, 0.3) is 0 Å². The summed E-state index contributed by atoms with van der Waals surface area (Å²) in [4.78, 5) is 0. The number of methoxy groups -OCH3 is 1. The van der Waals surface area contributed by atoms with Gasteiger partial charge in [0.2, 0.25) is 0 Å². The van der Waals surface area contributed by atoms with Crippen molar-refractivity contribution in [3.05, 3.63) is 35.6 Å². The molecule has 2 atom stereocenters. The Labute approximate surface area is 125 Å². The van der Waals surface area contributed by atoms with Crippen LogP contribution in [0.2, 0.25) is 0 Å². The van der Waals surface area contributed by atoms with Crippen LogP contribution >= 0.6 is 0 Å². The molecule has 114 valence electrons. The highest BCUT2D eigenvalue weighted by Crippen LogP contribution is 2.29. The zero-order chi connectivity index (χ0) is 14.7. The zero-order valence-corrected chi connectivity index (χ0v) is 12.5. The highest BCUT2D eigenvalue weighted by molar-refractivity contribution is 5.82. The third-order valence-corrected chi connectivity index (χ3v) is 4.34. The molecule has 1 aliphatic rings. The Bertz CT molecular complexity index is 593. The third-order valence-electron chi connectivity index (χ3n) is 4.34. The fraction of sp³-hybridized carbons (Fsp3) is 0.529. The Morgan fingerprint density at radius 3 is 2.86 bits per heavy atom. The summed E-state index contributed by atoms with van der Waals surface area (Å²) in [5.74, 6) is 0.829. The van der Waals surface area contributed by atoms with Gasteiger partial charge >= 0.3 is 0 Å². The summed E-state index contributed by atoms with van der Waals surface area (Å²) in [5, 5.41) is 1.11. The molecular formula is C17H23NO3. The van der Waals surface area contributed by atoms with Gasteiger partial charge in [-0.2, -0.15) is 0 Å². The van der Waals surface area contributed by atoms with Crippen LogP contribution in [0.5, 0.6) is 0 Å². The third kappa shape index (κ3) is 3.12. The predicted molar refractivity (Wildman–Crippen MR) is 81.9 cm³/mol. The van der Waals surface area contributed by atoms with Crippen molar-refractivity contribution in [1.29, 1.82) is 0 Å². The van der Waals surface area contributed by atoms with Crippen LogP contribution in [0.25, 0.3) is 11.0 Å². The van der Waals surface area contributed by atoms with E-state index in [2.05, 4.69) is 6.07 Å². The van der Waals surface area contributed by atoms with Crippen molar-refractivity contribution >= 4 is 11.0 Å². The maximum Gasteiger partial charge on any atom is 0.134 e. The molecule has 1 aliphatic carbocycles. The maximum absolute atomic E-state index is 6.11. The largest absolute Gasteiger partial charge is 0.459 e. The van der Waals surface area contributed by atoms with Gasteiger partial charge in [0, 0.05) is 18.1 Å². The number of hydrogen-bond donors (Lipinski definition) is 1. The second kappa shape index (κ2) is 6.60. The number of rotatable bonds is 5. The summed E-state index contributed by atoms with van der Waals surface area (Å²) < 4.78 is 17.4. The molecule has 0 aliphatic heterocycles. The van der Waals surface area contributed by atoms with Gasteiger partial charge in [-0.15, -0.1) is 0 Å². The van der Waals surface area contributed by atoms with E-state index in [0.717, 1.165) is 41.6 Å². The molecule has 0 spiro atoms. The van der Waals surface area contributed by atoms with E-state index in [1.807, 2.05) is 18.2 Å². The fourth-order valence-corrected chi connectivity index (χ4v) is 3.14. The van der Waals surface area contributed by atoms with Crippen LogP contribution in [0.15, 0.2) is 28.7 Å². The lowest BCUT2D eigenvalue weighted by atomic mass is 9.95. The van der Waals surface area contributed by atoms with Gasteiger partial charge in [0.15, 0.2) is 0 Å². The van der Waals surface area contributed by atoms with Gasteiger partial charge in [0.05, 0.1) is 25.4 Å². The SMILES string of the molecule is COC1CCCC(OCc2c(CN)oc3ccccc23)C1. The van der Waals surface area contributed by atoms with Crippen LogP contribution in [0, 0.1) is 0 Å². The first kappa shape index (κ1) is 14.6. The van der Waals surface area contributed by atoms with Crippen LogP contribution in [0.1, 0.15) is 37.0 Å². The van der Waals surface area contributed by atoms with Gasteiger partial charge < -0.3 is 19.6 Å². The van der Waals surface area contributed by atoms with Crippen LogP contribution < -0.4 is 5.73 Å². The second-order valence-corrected chi connectivity index (χ2v) is 5.66. The Balaban J connectivity index is 1.72. The maximum atomic E-state index is 6.11. The smallest absolute Gasteiger partial charge is 0.134 e. The van der Waals surface area contributed by atoms with E-state index in [1.165, 1.54) is 6.42 Å². The Hall–Kier alpha value is -1.36. The summed E-state index contributed by atoms with van der Waals surface area (Å²) in [6.45, 7) is 0.962. The highest BCUT2D eigenvalue weighted by Gasteiger charge is 2.23. The highest BCUT2D eigenvalue weighted by atomic mass is 16.5. The number of fused-ring (bicyclic) bond motifs is 1. The van der Waals surface area contributed by atoms with Gasteiger partial charge in [-0.1, -0.05) is 18.2 Å². The molecular weight excluding hydrogens is 266 g/mol. The molecule has 0 amide bonds. The summed E-state index contributed by atoms with van der Waals surface area (Å²) in [5.41, 5.74) is 7.77. The molecule has 0 saturated heterocycles. The Kier molecular flexibility index (Phi) is 4.58. The van der Waals surface area contributed by atoms with Crippen molar-refractivity contribution in [2.45, 2.75) is 51.0 Å². The van der Waals surface area contributed by atoms with Crippen molar-refractivity contribution in [2.24, 2.45) is 5.73 Å². The fourth-order valence-electron chi connectivity index (χ4n) is 3.14. The average Bonchev–Trinajstić information content (AvgIpc) is 2.91. The normalized spacial score (nSPS) is 22.8. The average molecular weight is 289 g/mol. The number of hydrogen-bond acceptors (Lipinski definition) is 4. The monoisotopic (exact) mass is 289 g/mol. The number of benzene rings is 1. The first-order valence-corrected chi connectivity index (χ1v) is 7.65. The van der Waals surface area contributed by atoms with Crippen LogP contribution in [-0.4, -0.2) is 19.3 Å². The van der Waals surface area contributed by atoms with E-state index in [0.29, 0.717) is 19.3 Å². The zero-order valence-electron chi connectivity index (χ0n) is 12.5. The van der Waals surface area contributed by atoms with E-state index in [9.17, 15) is 0 Å². The van der Waals surface area contributed by atoms with E-state index in [1.54, 1.807) is 7.11 Å². The lowest BCUT2D eigenvalue weighted by molar-refractivity contribution is -0.0363. The van der Waals surface area contributed by atoms with Crippen molar-refractivity contribution < 1.29 is 13.9 Å². The molecule has 4 heteroatoms. The van der Waals surface area contributed by atoms with Crippen LogP contribution in [0.4, 0.5) is 0 Å². The molecule has 4 nitrogen and oxygen atoms in total. The van der Waals surface area contributed by atoms with Gasteiger partial charge in [-0.05, 0) is 31.7 Å². The number of furan rings is 1. The molecule has 1 fully saturated rings. The van der Waals surface area contributed by atoms with Gasteiger partial charge in [0.1, 0.15) is 11.3 Å². The van der Waals surface area contributed by atoms with Crippen molar-refractivity contribution in [3.8, 4) is 0 Å². The first-order chi connectivity index (χ1) is 10.3. The summed E-state index contributed by atoms with van der Waals surface area (Å²) in [6, 6.07) is 8.03. The first-order valence-electron chi connectivity index (χ1n) is 7.65. The van der Waals surface area contributed by atoms with Crippen molar-refractivity contribution in [2.75, 3.05) is 7.11 Å². The molecule has 1 aromatic carbocycles. The molecule has 2 N–H and O–H groups in total. The van der Waals surface area contributed by atoms with E-state index >= 15 is 0 Å². The van der Waals surface area contributed by atoms with Crippen LogP contribution in [-0.2, 0) is 22.6 Å². The summed E-state index contributed by atoms with van der Waals surface area (Å²) >= 11 is 0. The predicted octanol–water partition coefficient (Wildman–Crippen LogP) is 3.37. The Morgan fingerprint density at radius 2 is 2.05 bits per heavy atom. The minimum absolute atomic E-state index is 0.267. The molecule has 2 aromatic rings. The number of para-hydroxylation sites is 1. The second-order valence-electron chi connectivity index (χ2n) is 5.66. The molecule has 21 heavy (non-hydrogen) atoms. The van der Waals surface area contributed by atoms with Crippen molar-refractivity contribution in [1.82, 2.24) is 0 Å². The van der Waals surface area contributed by atoms with Gasteiger partial charge in [-0.25, -0.2) is 0 Å². The van der Waals surface area contributed by atoms with E-state index in [4.69, 9.17) is 19.6 Å². The Morgan fingerprint density at radius 1 is 1.24 bits per heavy atom. The molecule has 3 rings (SSSR count). The molecule has 0 bridgehead atoms. The standard InChI is InChI=1S/C17H23NO3/c1-19-12-5-4-6-13(9-12)20-11-15-14-7-2-3-8-16(14)21-17(15)10-18/h2-3,7-8,12-13H,4-6,9-11,18H2,1H3. The lowest BCUT2D eigenvalue weighted by Crippen LogP contribution is -2.27. The lowest BCUT2D eigenvalue weighted by Gasteiger charge is -2.28. The quantitative estimate of drug-likeness (QED) is 0.917. The number of ether oxygens (including phenoxy) is 2. The van der Waals surface area contributed by atoms with Gasteiger partial charge in [-0.3, -0.25) is 0 Å². The molecule has 1 heterocycles. The summed E-state index contributed by atoms with van der Waals surface area (Å²) in [6.07, 6.45) is 4.98. The van der Waals surface area contributed by atoms with E-state index in [-0.39, 0.29) is 6.10 Å². The molecule has 1 aromatic heterocycles. The molecule has 2 unspecified atom stereocenters. The van der Waals surface area contributed by atoms with E-state index < -0.39 is 0 Å². The molecule has 0 radical (unpaired) electrons. The minimum Gasteiger partial charge on any atom is -0.459 e. The number of nitrogens with two attached hydrogens (primary N) is 1.